The van der Waals surface area contributed by atoms with Crippen molar-refractivity contribution in [3.63, 3.8) is 0 Å². The number of nitrogens with zero attached hydrogens (tertiary/aromatic N) is 1. The average molecular weight is 356 g/mol. The number of ether oxygens (including phenoxy) is 2. The first-order chi connectivity index (χ1) is 12.8. The van der Waals surface area contributed by atoms with E-state index >= 15 is 0 Å². The third kappa shape index (κ3) is 3.07. The van der Waals surface area contributed by atoms with Gasteiger partial charge in [0.05, 0.1) is 0 Å². The van der Waals surface area contributed by atoms with E-state index in [0.29, 0.717) is 30.8 Å². The molecule has 5 rings (SSSR count). The first-order valence-electron chi connectivity index (χ1n) is 10.2. The van der Waals surface area contributed by atoms with E-state index in [1.807, 2.05) is 6.07 Å². The Labute approximate surface area is 155 Å². The highest BCUT2D eigenvalue weighted by Crippen LogP contribution is 2.39. The molecule has 2 bridgehead atoms. The molecule has 0 spiro atoms. The fourth-order valence-electron chi connectivity index (χ4n) is 5.41. The van der Waals surface area contributed by atoms with Crippen LogP contribution in [0.3, 0.4) is 0 Å². The molecule has 1 saturated carbocycles. The number of carbonyl (C=O) groups is 1. The summed E-state index contributed by atoms with van der Waals surface area (Å²) in [4.78, 5) is 15.1. The Kier molecular flexibility index (Phi) is 4.27. The average Bonchev–Trinajstić information content (AvgIpc) is 3.36. The molecule has 1 aliphatic carbocycles. The van der Waals surface area contributed by atoms with Crippen LogP contribution < -0.4 is 14.8 Å². The van der Waals surface area contributed by atoms with Crippen LogP contribution in [0, 0.1) is 5.92 Å². The molecule has 3 heterocycles. The van der Waals surface area contributed by atoms with Gasteiger partial charge in [-0.25, -0.2) is 0 Å². The van der Waals surface area contributed by atoms with Gasteiger partial charge in [-0.3, -0.25) is 9.69 Å². The van der Waals surface area contributed by atoms with E-state index < -0.39 is 0 Å². The van der Waals surface area contributed by atoms with Crippen LogP contribution in [0.5, 0.6) is 11.5 Å². The quantitative estimate of drug-likeness (QED) is 0.900. The second-order valence-corrected chi connectivity index (χ2v) is 8.40. The highest BCUT2D eigenvalue weighted by molar-refractivity contribution is 5.79. The number of rotatable bonds is 4. The first kappa shape index (κ1) is 16.4. The van der Waals surface area contributed by atoms with Gasteiger partial charge in [-0.05, 0) is 56.2 Å². The van der Waals surface area contributed by atoms with Crippen molar-refractivity contribution in [1.82, 2.24) is 10.2 Å². The summed E-state index contributed by atoms with van der Waals surface area (Å²) >= 11 is 0. The molecular weight excluding hydrogens is 328 g/mol. The molecule has 3 aliphatic heterocycles. The number of piperidine rings is 1. The molecule has 4 aliphatic rings. The fourth-order valence-corrected chi connectivity index (χ4v) is 5.41. The molecule has 2 saturated heterocycles. The zero-order valence-electron chi connectivity index (χ0n) is 15.3. The van der Waals surface area contributed by atoms with Gasteiger partial charge < -0.3 is 14.8 Å². The lowest BCUT2D eigenvalue weighted by molar-refractivity contribution is -0.126. The van der Waals surface area contributed by atoms with Crippen molar-refractivity contribution in [2.75, 3.05) is 6.79 Å². The number of fused-ring (bicyclic) bond motifs is 3. The number of nitrogens with one attached hydrogen (secondary N) is 1. The highest BCUT2D eigenvalue weighted by atomic mass is 16.7. The minimum Gasteiger partial charge on any atom is -0.454 e. The number of hydrogen-bond donors (Lipinski definition) is 1. The SMILES string of the molecule is O=C(NC1CC2CCC(C1)N2Cc1ccc2c(c1)OCO2)C1CCCC1. The van der Waals surface area contributed by atoms with Crippen molar-refractivity contribution in [2.24, 2.45) is 5.92 Å². The van der Waals surface area contributed by atoms with Crippen molar-refractivity contribution in [3.05, 3.63) is 23.8 Å². The van der Waals surface area contributed by atoms with Crippen molar-refractivity contribution in [1.29, 1.82) is 0 Å². The Morgan fingerprint density at radius 1 is 1.04 bits per heavy atom. The van der Waals surface area contributed by atoms with Crippen molar-refractivity contribution < 1.29 is 14.3 Å². The zero-order valence-corrected chi connectivity index (χ0v) is 15.3. The lowest BCUT2D eigenvalue weighted by Crippen LogP contribution is -2.50. The topological polar surface area (TPSA) is 50.8 Å². The second-order valence-electron chi connectivity index (χ2n) is 8.40. The van der Waals surface area contributed by atoms with Crippen LogP contribution >= 0.6 is 0 Å². The molecule has 0 radical (unpaired) electrons. The summed E-state index contributed by atoms with van der Waals surface area (Å²) in [6.07, 6.45) is 9.31. The molecule has 2 atom stereocenters. The summed E-state index contributed by atoms with van der Waals surface area (Å²) in [6.45, 7) is 1.30. The first-order valence-corrected chi connectivity index (χ1v) is 10.2. The van der Waals surface area contributed by atoms with Gasteiger partial charge in [-0.15, -0.1) is 0 Å². The lowest BCUT2D eigenvalue weighted by atomic mass is 9.95. The Bertz CT molecular complexity index is 672. The Morgan fingerprint density at radius 3 is 2.54 bits per heavy atom. The van der Waals surface area contributed by atoms with Gasteiger partial charge in [0.25, 0.3) is 0 Å². The van der Waals surface area contributed by atoms with Crippen LogP contribution in [0.25, 0.3) is 0 Å². The minimum atomic E-state index is 0.277. The number of carbonyl (C=O) groups excluding carboxylic acids is 1. The molecule has 5 heteroatoms. The summed E-state index contributed by atoms with van der Waals surface area (Å²) < 4.78 is 10.9. The van der Waals surface area contributed by atoms with Crippen LogP contribution in [0.15, 0.2) is 18.2 Å². The van der Waals surface area contributed by atoms with E-state index in [-0.39, 0.29) is 5.92 Å². The summed E-state index contributed by atoms with van der Waals surface area (Å²) in [5.41, 5.74) is 1.29. The molecule has 26 heavy (non-hydrogen) atoms. The summed E-state index contributed by atoms with van der Waals surface area (Å²) in [6, 6.07) is 7.85. The third-order valence-corrected chi connectivity index (χ3v) is 6.76. The molecule has 140 valence electrons. The van der Waals surface area contributed by atoms with E-state index in [1.165, 1.54) is 31.2 Å². The molecule has 1 amide bonds. The molecule has 0 aromatic heterocycles. The third-order valence-electron chi connectivity index (χ3n) is 6.76. The lowest BCUT2D eigenvalue weighted by Gasteiger charge is -2.39. The Morgan fingerprint density at radius 2 is 1.77 bits per heavy atom. The Balaban J connectivity index is 1.21. The molecule has 1 N–H and O–H groups in total. The largest absolute Gasteiger partial charge is 0.454 e. The second kappa shape index (κ2) is 6.76. The number of hydrogen-bond acceptors (Lipinski definition) is 4. The number of amides is 1. The predicted octanol–water partition coefficient (Wildman–Crippen LogP) is 3.22. The van der Waals surface area contributed by atoms with E-state index in [1.54, 1.807) is 0 Å². The fraction of sp³-hybridized carbons (Fsp3) is 0.667. The molecule has 3 fully saturated rings. The van der Waals surface area contributed by atoms with E-state index in [4.69, 9.17) is 9.47 Å². The molecule has 5 nitrogen and oxygen atoms in total. The van der Waals surface area contributed by atoms with Crippen molar-refractivity contribution >= 4 is 5.91 Å². The van der Waals surface area contributed by atoms with Gasteiger partial charge in [0, 0.05) is 30.6 Å². The van der Waals surface area contributed by atoms with Gasteiger partial charge in [-0.1, -0.05) is 18.9 Å². The smallest absolute Gasteiger partial charge is 0.231 e. The van der Waals surface area contributed by atoms with Crippen LogP contribution in [-0.4, -0.2) is 35.7 Å². The Hall–Kier alpha value is -1.75. The van der Waals surface area contributed by atoms with Gasteiger partial charge in [0.2, 0.25) is 12.7 Å². The maximum Gasteiger partial charge on any atom is 0.231 e. The van der Waals surface area contributed by atoms with Crippen LogP contribution in [0.1, 0.15) is 56.9 Å². The summed E-state index contributed by atoms with van der Waals surface area (Å²) in [5.74, 6) is 2.31. The van der Waals surface area contributed by atoms with E-state index in [9.17, 15) is 4.79 Å². The maximum absolute atomic E-state index is 12.5. The molecule has 1 aromatic carbocycles. The van der Waals surface area contributed by atoms with Crippen LogP contribution in [0.2, 0.25) is 0 Å². The normalized spacial score (nSPS) is 30.7. The number of benzene rings is 1. The molecule has 2 unspecified atom stereocenters. The maximum atomic E-state index is 12.5. The van der Waals surface area contributed by atoms with E-state index in [0.717, 1.165) is 43.7 Å². The van der Waals surface area contributed by atoms with Gasteiger partial charge in [0.15, 0.2) is 11.5 Å². The summed E-state index contributed by atoms with van der Waals surface area (Å²) in [5, 5.41) is 3.38. The van der Waals surface area contributed by atoms with E-state index in [2.05, 4.69) is 22.3 Å². The standard InChI is InChI=1S/C21H28N2O3/c24-21(15-3-1-2-4-15)22-16-10-17-6-7-18(11-16)23(17)12-14-5-8-19-20(9-14)26-13-25-19/h5,8-9,15-18H,1-4,6-7,10-13H2,(H,22,24). The van der Waals surface area contributed by atoms with Gasteiger partial charge in [0.1, 0.15) is 0 Å². The summed E-state index contributed by atoms with van der Waals surface area (Å²) in [7, 11) is 0. The van der Waals surface area contributed by atoms with Gasteiger partial charge in [-0.2, -0.15) is 0 Å². The zero-order chi connectivity index (χ0) is 17.5. The van der Waals surface area contributed by atoms with Crippen LogP contribution in [0.4, 0.5) is 0 Å². The minimum absolute atomic E-state index is 0.277. The van der Waals surface area contributed by atoms with Crippen molar-refractivity contribution in [3.8, 4) is 11.5 Å². The predicted molar refractivity (Wildman–Crippen MR) is 98.0 cm³/mol. The monoisotopic (exact) mass is 356 g/mol. The molecule has 1 aromatic rings. The van der Waals surface area contributed by atoms with Crippen LogP contribution in [-0.2, 0) is 11.3 Å². The van der Waals surface area contributed by atoms with Crippen molar-refractivity contribution in [2.45, 2.75) is 76.0 Å². The van der Waals surface area contributed by atoms with Gasteiger partial charge >= 0.3 is 0 Å². The highest BCUT2D eigenvalue weighted by Gasteiger charge is 2.41. The molecular formula is C21H28N2O3.